The highest BCUT2D eigenvalue weighted by Gasteiger charge is 2.12. The van der Waals surface area contributed by atoms with E-state index in [-0.39, 0.29) is 0 Å². The Balaban J connectivity index is 3.28. The van der Waals surface area contributed by atoms with Gasteiger partial charge in [0.05, 0.1) is 0 Å². The van der Waals surface area contributed by atoms with Gasteiger partial charge in [0.1, 0.15) is 8.24 Å². The van der Waals surface area contributed by atoms with E-state index in [2.05, 4.69) is 37.9 Å². The maximum Gasteiger partial charge on any atom is 0.127 e. The lowest BCUT2D eigenvalue weighted by Gasteiger charge is -2.18. The highest BCUT2D eigenvalue weighted by Crippen LogP contribution is 2.08. The fourth-order valence-electron chi connectivity index (χ4n) is 0.295. The van der Waals surface area contributed by atoms with Crippen LogP contribution in [0.25, 0.3) is 0 Å². The second-order valence-corrected chi connectivity index (χ2v) is 10.0. The molecule has 0 saturated heterocycles. The third-order valence-corrected chi connectivity index (χ3v) is 3.99. The minimum Gasteiger partial charge on any atom is -0.285 e. The van der Waals surface area contributed by atoms with Crippen molar-refractivity contribution < 1.29 is 0 Å². The van der Waals surface area contributed by atoms with Gasteiger partial charge < -0.3 is 0 Å². The molecular weight excluding hydrogens is 146 g/mol. The number of rotatable bonds is 3. The van der Waals surface area contributed by atoms with Crippen molar-refractivity contribution in [2.24, 2.45) is 0 Å². The van der Waals surface area contributed by atoms with Gasteiger partial charge in [-0.15, -0.1) is 0 Å². The molecule has 0 unspecified atom stereocenters. The summed E-state index contributed by atoms with van der Waals surface area (Å²) >= 11 is 1.85. The monoisotopic (exact) mass is 163 g/mol. The normalized spacial score (nSPS) is 12.7. The van der Waals surface area contributed by atoms with Crippen LogP contribution < -0.4 is 4.39 Å². The van der Waals surface area contributed by atoms with Crippen LogP contribution in [0.4, 0.5) is 0 Å². The Morgan fingerprint density at radius 1 is 1.22 bits per heavy atom. The van der Waals surface area contributed by atoms with Gasteiger partial charge in [0.25, 0.3) is 0 Å². The lowest BCUT2D eigenvalue weighted by atomic mass is 10.6. The third-order valence-electron chi connectivity index (χ3n) is 0.601. The molecule has 0 heterocycles. The van der Waals surface area contributed by atoms with E-state index in [0.29, 0.717) is 5.25 Å². The molecule has 0 amide bonds. The summed E-state index contributed by atoms with van der Waals surface area (Å²) in [5.74, 6) is 0. The molecular formula is C6H17NSSi. The summed E-state index contributed by atoms with van der Waals surface area (Å²) in [6.45, 7) is 11.3. The van der Waals surface area contributed by atoms with Gasteiger partial charge in [-0.1, -0.05) is 45.4 Å². The average Bonchev–Trinajstić information content (AvgIpc) is 1.59. The quantitative estimate of drug-likeness (QED) is 0.507. The Labute approximate surface area is 63.8 Å². The first-order valence-corrected chi connectivity index (χ1v) is 7.72. The molecule has 9 heavy (non-hydrogen) atoms. The molecule has 3 heteroatoms. The number of hydrogen-bond donors (Lipinski definition) is 1. The Kier molecular flexibility index (Phi) is 3.85. The van der Waals surface area contributed by atoms with Crippen molar-refractivity contribution >= 4 is 20.2 Å². The molecule has 0 spiro atoms. The Bertz CT molecular complexity index is 77.6. The molecule has 0 aliphatic carbocycles. The fraction of sp³-hybridized carbons (Fsp3) is 1.00. The van der Waals surface area contributed by atoms with Crippen molar-refractivity contribution in [3.63, 3.8) is 0 Å². The summed E-state index contributed by atoms with van der Waals surface area (Å²) in [6.07, 6.45) is 0. The van der Waals surface area contributed by atoms with Crippen molar-refractivity contribution in [1.82, 2.24) is 4.39 Å². The molecule has 0 fully saturated rings. The second kappa shape index (κ2) is 3.64. The van der Waals surface area contributed by atoms with Crippen LogP contribution >= 0.6 is 11.9 Å². The van der Waals surface area contributed by atoms with Gasteiger partial charge in [-0.3, -0.25) is 4.39 Å². The average molecular weight is 163 g/mol. The van der Waals surface area contributed by atoms with Crippen LogP contribution in [-0.2, 0) is 0 Å². The SMILES string of the molecule is CC(C)SN[Si](C)(C)C. The van der Waals surface area contributed by atoms with Crippen LogP contribution in [0.5, 0.6) is 0 Å². The van der Waals surface area contributed by atoms with Crippen molar-refractivity contribution in [2.75, 3.05) is 0 Å². The predicted molar refractivity (Wildman–Crippen MR) is 49.2 cm³/mol. The van der Waals surface area contributed by atoms with Crippen molar-refractivity contribution in [3.8, 4) is 0 Å². The topological polar surface area (TPSA) is 12.0 Å². The van der Waals surface area contributed by atoms with Gasteiger partial charge in [0.2, 0.25) is 0 Å². The van der Waals surface area contributed by atoms with Gasteiger partial charge >= 0.3 is 0 Å². The first-order valence-electron chi connectivity index (χ1n) is 3.34. The van der Waals surface area contributed by atoms with E-state index >= 15 is 0 Å². The molecule has 0 bridgehead atoms. The molecule has 0 aliphatic heterocycles. The second-order valence-electron chi connectivity index (χ2n) is 3.52. The van der Waals surface area contributed by atoms with E-state index in [1.807, 2.05) is 11.9 Å². The molecule has 0 radical (unpaired) electrons. The van der Waals surface area contributed by atoms with Crippen molar-refractivity contribution in [3.05, 3.63) is 0 Å². The van der Waals surface area contributed by atoms with Gasteiger partial charge in [-0.05, 0) is 0 Å². The van der Waals surface area contributed by atoms with Gasteiger partial charge in [-0.25, -0.2) is 0 Å². The maximum atomic E-state index is 3.48. The van der Waals surface area contributed by atoms with Crippen molar-refractivity contribution in [1.29, 1.82) is 0 Å². The van der Waals surface area contributed by atoms with E-state index < -0.39 is 8.24 Å². The minimum absolute atomic E-state index is 0.705. The number of nitrogens with one attached hydrogen (secondary N) is 1. The van der Waals surface area contributed by atoms with Crippen LogP contribution in [0.3, 0.4) is 0 Å². The van der Waals surface area contributed by atoms with Crippen LogP contribution in [0.15, 0.2) is 0 Å². The Morgan fingerprint density at radius 3 is 1.78 bits per heavy atom. The summed E-state index contributed by atoms with van der Waals surface area (Å²) in [5, 5.41) is 0.705. The molecule has 0 atom stereocenters. The summed E-state index contributed by atoms with van der Waals surface area (Å²) in [4.78, 5) is 0. The smallest absolute Gasteiger partial charge is 0.127 e. The summed E-state index contributed by atoms with van der Waals surface area (Å²) < 4.78 is 3.48. The summed E-state index contributed by atoms with van der Waals surface area (Å²) in [5.41, 5.74) is 0. The molecule has 0 aliphatic rings. The van der Waals surface area contributed by atoms with E-state index in [4.69, 9.17) is 0 Å². The third kappa shape index (κ3) is 8.53. The largest absolute Gasteiger partial charge is 0.285 e. The van der Waals surface area contributed by atoms with Crippen LogP contribution in [0.1, 0.15) is 13.8 Å². The van der Waals surface area contributed by atoms with Gasteiger partial charge in [0.15, 0.2) is 0 Å². The highest BCUT2D eigenvalue weighted by atomic mass is 32.2. The first kappa shape index (κ1) is 9.53. The molecule has 0 aromatic heterocycles. The molecule has 1 nitrogen and oxygen atoms in total. The summed E-state index contributed by atoms with van der Waals surface area (Å²) in [7, 11) is -1.01. The van der Waals surface area contributed by atoms with Crippen LogP contribution in [0, 0.1) is 0 Å². The first-order chi connectivity index (χ1) is 3.92. The fourth-order valence-corrected chi connectivity index (χ4v) is 2.65. The minimum atomic E-state index is -1.01. The molecule has 1 N–H and O–H groups in total. The molecule has 0 saturated carbocycles. The lowest BCUT2D eigenvalue weighted by Crippen LogP contribution is -2.36. The Morgan fingerprint density at radius 2 is 1.67 bits per heavy atom. The predicted octanol–water partition coefficient (Wildman–Crippen LogP) is 2.47. The zero-order valence-electron chi connectivity index (χ0n) is 6.99. The molecule has 56 valence electrons. The van der Waals surface area contributed by atoms with E-state index in [9.17, 15) is 0 Å². The Hall–Kier alpha value is 0.527. The lowest BCUT2D eigenvalue weighted by molar-refractivity contribution is 1.10. The highest BCUT2D eigenvalue weighted by molar-refractivity contribution is 7.99. The van der Waals surface area contributed by atoms with E-state index in [0.717, 1.165) is 0 Å². The van der Waals surface area contributed by atoms with E-state index in [1.54, 1.807) is 0 Å². The van der Waals surface area contributed by atoms with Crippen LogP contribution in [-0.4, -0.2) is 13.5 Å². The van der Waals surface area contributed by atoms with Crippen LogP contribution in [0.2, 0.25) is 19.6 Å². The molecule has 0 aromatic rings. The molecule has 0 aromatic carbocycles. The maximum absolute atomic E-state index is 3.48. The zero-order chi connectivity index (χ0) is 7.49. The summed E-state index contributed by atoms with van der Waals surface area (Å²) in [6, 6.07) is 0. The van der Waals surface area contributed by atoms with Crippen molar-refractivity contribution in [2.45, 2.75) is 38.7 Å². The van der Waals surface area contributed by atoms with E-state index in [1.165, 1.54) is 0 Å². The van der Waals surface area contributed by atoms with Gasteiger partial charge in [0, 0.05) is 5.25 Å². The standard InChI is InChI=1S/C6H17NSSi/c1-6(2)8-7-9(3,4)5/h6-7H,1-5H3. The number of hydrogen-bond acceptors (Lipinski definition) is 2. The zero-order valence-corrected chi connectivity index (χ0v) is 8.80. The molecule has 0 rings (SSSR count). The van der Waals surface area contributed by atoms with Gasteiger partial charge in [-0.2, -0.15) is 0 Å².